The second-order valence-electron chi connectivity index (χ2n) is 7.42. The first-order valence-electron chi connectivity index (χ1n) is 10.2. The Morgan fingerprint density at radius 2 is 1.80 bits per heavy atom. The maximum absolute atomic E-state index is 13.0. The average Bonchev–Trinajstić information content (AvgIpc) is 2.78. The first-order chi connectivity index (χ1) is 14.5. The van der Waals surface area contributed by atoms with Crippen LogP contribution in [-0.4, -0.2) is 18.4 Å². The number of aryl methyl sites for hydroxylation is 2. The lowest BCUT2D eigenvalue weighted by atomic mass is 9.98. The Bertz CT molecular complexity index is 1090. The van der Waals surface area contributed by atoms with E-state index in [0.29, 0.717) is 22.7 Å². The zero-order valence-corrected chi connectivity index (χ0v) is 17.6. The molecule has 0 unspecified atom stereocenters. The number of hydrogen-bond acceptors (Lipinski definition) is 2. The number of halogens is 1. The Kier molecular flexibility index (Phi) is 5.86. The summed E-state index contributed by atoms with van der Waals surface area (Å²) in [6.07, 6.45) is 2.65. The predicted molar refractivity (Wildman–Crippen MR) is 122 cm³/mol. The summed E-state index contributed by atoms with van der Waals surface area (Å²) in [6, 6.07) is 20.4. The third kappa shape index (κ3) is 4.24. The fourth-order valence-corrected chi connectivity index (χ4v) is 3.94. The van der Waals surface area contributed by atoms with Crippen LogP contribution < -0.4 is 10.2 Å². The van der Waals surface area contributed by atoms with Crippen LogP contribution in [0.4, 0.5) is 11.4 Å². The highest BCUT2D eigenvalue weighted by molar-refractivity contribution is 6.31. The Labute approximate surface area is 181 Å². The lowest BCUT2D eigenvalue weighted by Crippen LogP contribution is -2.35. The molecule has 0 radical (unpaired) electrons. The number of benzene rings is 3. The summed E-state index contributed by atoms with van der Waals surface area (Å²) in [6.45, 7) is 2.74. The van der Waals surface area contributed by atoms with Gasteiger partial charge < -0.3 is 10.2 Å². The molecule has 3 aromatic carbocycles. The molecule has 152 valence electrons. The highest BCUT2D eigenvalue weighted by Crippen LogP contribution is 2.30. The standard InChI is InChI=1S/C25H23ClN2O2/c1-2-17-8-11-22(12-9-17)27-24(29)19-10-13-23-18(15-19)6-4-14-28(23)25(30)20-5-3-7-21(26)16-20/h3,5,7-13,15-16H,2,4,6,14H2,1H3,(H,27,29). The predicted octanol–water partition coefficient (Wildman–Crippen LogP) is 5.75. The van der Waals surface area contributed by atoms with Crippen molar-refractivity contribution in [3.05, 3.63) is 94.0 Å². The fraction of sp³-hybridized carbons (Fsp3) is 0.200. The minimum absolute atomic E-state index is 0.0772. The van der Waals surface area contributed by atoms with Crippen LogP contribution in [0.2, 0.25) is 5.02 Å². The van der Waals surface area contributed by atoms with E-state index >= 15 is 0 Å². The smallest absolute Gasteiger partial charge is 0.258 e. The van der Waals surface area contributed by atoms with Crippen molar-refractivity contribution < 1.29 is 9.59 Å². The minimum Gasteiger partial charge on any atom is -0.322 e. The highest BCUT2D eigenvalue weighted by atomic mass is 35.5. The van der Waals surface area contributed by atoms with Gasteiger partial charge in [-0.3, -0.25) is 9.59 Å². The van der Waals surface area contributed by atoms with Crippen LogP contribution in [-0.2, 0) is 12.8 Å². The van der Waals surface area contributed by atoms with Crippen molar-refractivity contribution in [2.75, 3.05) is 16.8 Å². The van der Waals surface area contributed by atoms with Gasteiger partial charge in [0.05, 0.1) is 0 Å². The maximum Gasteiger partial charge on any atom is 0.258 e. The third-order valence-corrected chi connectivity index (χ3v) is 5.63. The second kappa shape index (κ2) is 8.72. The molecule has 0 saturated heterocycles. The van der Waals surface area contributed by atoms with Gasteiger partial charge in [0.2, 0.25) is 0 Å². The van der Waals surface area contributed by atoms with Gasteiger partial charge in [0.15, 0.2) is 0 Å². The third-order valence-electron chi connectivity index (χ3n) is 5.40. The number of anilines is 2. The summed E-state index contributed by atoms with van der Waals surface area (Å²) in [7, 11) is 0. The molecule has 0 saturated carbocycles. The molecule has 4 rings (SSSR count). The van der Waals surface area contributed by atoms with Crippen molar-refractivity contribution in [2.24, 2.45) is 0 Å². The van der Waals surface area contributed by atoms with Gasteiger partial charge in [-0.05, 0) is 78.9 Å². The molecule has 1 aliphatic rings. The van der Waals surface area contributed by atoms with E-state index in [0.717, 1.165) is 36.2 Å². The fourth-order valence-electron chi connectivity index (χ4n) is 3.75. The Hall–Kier alpha value is -3.11. The number of carbonyl (C=O) groups is 2. The van der Waals surface area contributed by atoms with E-state index in [-0.39, 0.29) is 11.8 Å². The van der Waals surface area contributed by atoms with Crippen LogP contribution in [0.15, 0.2) is 66.7 Å². The number of rotatable bonds is 4. The second-order valence-corrected chi connectivity index (χ2v) is 7.86. The minimum atomic E-state index is -0.152. The summed E-state index contributed by atoms with van der Waals surface area (Å²) in [5.74, 6) is -0.230. The summed E-state index contributed by atoms with van der Waals surface area (Å²) in [4.78, 5) is 27.5. The largest absolute Gasteiger partial charge is 0.322 e. The molecule has 1 heterocycles. The molecule has 1 N–H and O–H groups in total. The van der Waals surface area contributed by atoms with Gasteiger partial charge in [0.1, 0.15) is 0 Å². The molecule has 2 amide bonds. The van der Waals surface area contributed by atoms with E-state index in [1.807, 2.05) is 36.4 Å². The molecular weight excluding hydrogens is 396 g/mol. The molecule has 3 aromatic rings. The number of nitrogens with zero attached hydrogens (tertiary/aromatic N) is 1. The van der Waals surface area contributed by atoms with Crippen molar-refractivity contribution in [3.8, 4) is 0 Å². The molecule has 0 aromatic heterocycles. The SMILES string of the molecule is CCc1ccc(NC(=O)c2ccc3c(c2)CCCN3C(=O)c2cccc(Cl)c2)cc1. The van der Waals surface area contributed by atoms with E-state index in [1.54, 1.807) is 35.2 Å². The van der Waals surface area contributed by atoms with Gasteiger partial charge in [-0.25, -0.2) is 0 Å². The summed E-state index contributed by atoms with van der Waals surface area (Å²) >= 11 is 6.05. The summed E-state index contributed by atoms with van der Waals surface area (Å²) in [5.41, 5.74) is 5.01. The zero-order chi connectivity index (χ0) is 21.1. The van der Waals surface area contributed by atoms with Crippen LogP contribution in [0.3, 0.4) is 0 Å². The molecular formula is C25H23ClN2O2. The molecule has 0 atom stereocenters. The molecule has 0 fully saturated rings. The highest BCUT2D eigenvalue weighted by Gasteiger charge is 2.24. The van der Waals surface area contributed by atoms with Gasteiger partial charge in [-0.1, -0.05) is 36.7 Å². The van der Waals surface area contributed by atoms with E-state index in [2.05, 4.69) is 12.2 Å². The van der Waals surface area contributed by atoms with E-state index in [9.17, 15) is 9.59 Å². The van der Waals surface area contributed by atoms with E-state index in [1.165, 1.54) is 5.56 Å². The Balaban J connectivity index is 1.55. The lowest BCUT2D eigenvalue weighted by molar-refractivity contribution is 0.0984. The first kappa shape index (κ1) is 20.2. The Morgan fingerprint density at radius 1 is 1.00 bits per heavy atom. The van der Waals surface area contributed by atoms with E-state index < -0.39 is 0 Å². The van der Waals surface area contributed by atoms with Crippen LogP contribution in [0.25, 0.3) is 0 Å². The average molecular weight is 419 g/mol. The molecule has 0 bridgehead atoms. The zero-order valence-electron chi connectivity index (χ0n) is 16.8. The lowest BCUT2D eigenvalue weighted by Gasteiger charge is -2.30. The number of amides is 2. The first-order valence-corrected chi connectivity index (χ1v) is 10.5. The number of carbonyl (C=O) groups excluding carboxylic acids is 2. The van der Waals surface area contributed by atoms with Crippen LogP contribution in [0.1, 0.15) is 45.2 Å². The van der Waals surface area contributed by atoms with Crippen LogP contribution in [0, 0.1) is 0 Å². The number of hydrogen-bond donors (Lipinski definition) is 1. The van der Waals surface area contributed by atoms with Crippen molar-refractivity contribution in [1.29, 1.82) is 0 Å². The van der Waals surface area contributed by atoms with Crippen LogP contribution >= 0.6 is 11.6 Å². The normalized spacial score (nSPS) is 12.9. The van der Waals surface area contributed by atoms with Crippen molar-refractivity contribution in [2.45, 2.75) is 26.2 Å². The molecule has 5 heteroatoms. The maximum atomic E-state index is 13.0. The molecule has 0 aliphatic carbocycles. The van der Waals surface area contributed by atoms with E-state index in [4.69, 9.17) is 11.6 Å². The van der Waals surface area contributed by atoms with Crippen molar-refractivity contribution in [3.63, 3.8) is 0 Å². The molecule has 0 spiro atoms. The Morgan fingerprint density at radius 3 is 2.53 bits per heavy atom. The molecule has 4 nitrogen and oxygen atoms in total. The van der Waals surface area contributed by atoms with Gasteiger partial charge in [0, 0.05) is 34.1 Å². The summed E-state index contributed by atoms with van der Waals surface area (Å²) < 4.78 is 0. The topological polar surface area (TPSA) is 49.4 Å². The quantitative estimate of drug-likeness (QED) is 0.586. The summed E-state index contributed by atoms with van der Waals surface area (Å²) in [5, 5.41) is 3.49. The number of nitrogens with one attached hydrogen (secondary N) is 1. The van der Waals surface area contributed by atoms with Gasteiger partial charge in [0.25, 0.3) is 11.8 Å². The van der Waals surface area contributed by atoms with Crippen LogP contribution in [0.5, 0.6) is 0 Å². The van der Waals surface area contributed by atoms with Gasteiger partial charge in [-0.2, -0.15) is 0 Å². The van der Waals surface area contributed by atoms with Crippen molar-refractivity contribution in [1.82, 2.24) is 0 Å². The number of fused-ring (bicyclic) bond motifs is 1. The van der Waals surface area contributed by atoms with Gasteiger partial charge >= 0.3 is 0 Å². The molecule has 1 aliphatic heterocycles. The monoisotopic (exact) mass is 418 g/mol. The van der Waals surface area contributed by atoms with Gasteiger partial charge in [-0.15, -0.1) is 0 Å². The molecule has 30 heavy (non-hydrogen) atoms. The van der Waals surface area contributed by atoms with Crippen molar-refractivity contribution >= 4 is 34.8 Å².